The van der Waals surface area contributed by atoms with Gasteiger partial charge in [0.25, 0.3) is 5.91 Å². The maximum Gasteiger partial charge on any atom is 0.274 e. The predicted molar refractivity (Wildman–Crippen MR) is 113 cm³/mol. The Labute approximate surface area is 177 Å². The maximum absolute atomic E-state index is 13.0. The first kappa shape index (κ1) is 19.2. The highest BCUT2D eigenvalue weighted by molar-refractivity contribution is 5.92. The van der Waals surface area contributed by atoms with E-state index in [1.54, 1.807) is 18.6 Å². The number of hydrogen-bond acceptors (Lipinski definition) is 4. The lowest BCUT2D eigenvalue weighted by Gasteiger charge is -2.32. The van der Waals surface area contributed by atoms with E-state index in [0.29, 0.717) is 30.6 Å². The third-order valence-electron chi connectivity index (χ3n) is 7.35. The molecule has 1 aliphatic carbocycles. The third kappa shape index (κ3) is 3.48. The molecule has 30 heavy (non-hydrogen) atoms. The van der Waals surface area contributed by atoms with Crippen molar-refractivity contribution in [1.29, 1.82) is 0 Å². The number of benzene rings is 1. The van der Waals surface area contributed by atoms with Crippen LogP contribution in [0.4, 0.5) is 0 Å². The zero-order valence-electron chi connectivity index (χ0n) is 17.2. The number of aromatic nitrogens is 2. The van der Waals surface area contributed by atoms with E-state index in [1.165, 1.54) is 12.0 Å². The topological polar surface area (TPSA) is 66.4 Å². The zero-order chi connectivity index (χ0) is 20.6. The Morgan fingerprint density at radius 3 is 2.50 bits per heavy atom. The summed E-state index contributed by atoms with van der Waals surface area (Å²) >= 11 is 0. The minimum atomic E-state index is -0.0477. The van der Waals surface area contributed by atoms with E-state index in [9.17, 15) is 9.59 Å². The van der Waals surface area contributed by atoms with Crippen LogP contribution in [0.15, 0.2) is 48.9 Å². The quantitative estimate of drug-likeness (QED) is 0.769. The van der Waals surface area contributed by atoms with Crippen molar-refractivity contribution in [3.05, 3.63) is 60.2 Å². The van der Waals surface area contributed by atoms with Crippen LogP contribution >= 0.6 is 0 Å². The molecule has 6 heteroatoms. The van der Waals surface area contributed by atoms with Crippen LogP contribution in [-0.2, 0) is 11.2 Å². The van der Waals surface area contributed by atoms with Gasteiger partial charge in [-0.15, -0.1) is 0 Å². The van der Waals surface area contributed by atoms with Crippen LogP contribution in [0.3, 0.4) is 0 Å². The van der Waals surface area contributed by atoms with Gasteiger partial charge in [-0.3, -0.25) is 14.6 Å². The van der Waals surface area contributed by atoms with Gasteiger partial charge in [0.05, 0.1) is 6.20 Å². The minimum absolute atomic E-state index is 0.0346. The van der Waals surface area contributed by atoms with Gasteiger partial charge in [-0.2, -0.15) is 0 Å². The summed E-state index contributed by atoms with van der Waals surface area (Å²) < 4.78 is 0. The van der Waals surface area contributed by atoms with Gasteiger partial charge in [0.2, 0.25) is 5.91 Å². The van der Waals surface area contributed by atoms with Gasteiger partial charge in [0, 0.05) is 55.8 Å². The van der Waals surface area contributed by atoms with Crippen LogP contribution < -0.4 is 0 Å². The van der Waals surface area contributed by atoms with E-state index in [2.05, 4.69) is 39.1 Å². The monoisotopic (exact) mass is 404 g/mol. The van der Waals surface area contributed by atoms with E-state index in [4.69, 9.17) is 0 Å². The summed E-state index contributed by atoms with van der Waals surface area (Å²) in [5, 5.41) is 0. The standard InChI is InChI=1S/C24H28N4O2/c29-22(19-7-4-8-19)27-14-20-15-28(23(30)21-13-25-11-12-26-21)17-24(20,16-27)10-9-18-5-2-1-3-6-18/h1-3,5-6,11-13,19-20H,4,7-10,14-17H2/t20-,24+/m1/s1. The van der Waals surface area contributed by atoms with Crippen molar-refractivity contribution in [3.8, 4) is 0 Å². The highest BCUT2D eigenvalue weighted by Gasteiger charge is 2.54. The number of fused-ring (bicyclic) bond motifs is 1. The number of likely N-dealkylation sites (tertiary alicyclic amines) is 2. The maximum atomic E-state index is 13.0. The number of rotatable bonds is 5. The molecule has 5 rings (SSSR count). The minimum Gasteiger partial charge on any atom is -0.341 e. The van der Waals surface area contributed by atoms with Crippen LogP contribution in [-0.4, -0.2) is 57.8 Å². The fourth-order valence-corrected chi connectivity index (χ4v) is 5.38. The molecular weight excluding hydrogens is 376 g/mol. The average molecular weight is 405 g/mol. The van der Waals surface area contributed by atoms with Gasteiger partial charge in [0.1, 0.15) is 5.69 Å². The summed E-state index contributed by atoms with van der Waals surface area (Å²) in [6.07, 6.45) is 9.89. The van der Waals surface area contributed by atoms with Crippen LogP contribution in [0.5, 0.6) is 0 Å². The summed E-state index contributed by atoms with van der Waals surface area (Å²) in [4.78, 5) is 38.2. The number of hydrogen-bond donors (Lipinski definition) is 0. The molecule has 1 aromatic carbocycles. The van der Waals surface area contributed by atoms with Crippen molar-refractivity contribution in [2.75, 3.05) is 26.2 Å². The lowest BCUT2D eigenvalue weighted by Crippen LogP contribution is -2.42. The third-order valence-corrected chi connectivity index (χ3v) is 7.35. The lowest BCUT2D eigenvalue weighted by molar-refractivity contribution is -0.137. The highest BCUT2D eigenvalue weighted by atomic mass is 16.2. The predicted octanol–water partition coefficient (Wildman–Crippen LogP) is 2.81. The molecule has 3 heterocycles. The van der Waals surface area contributed by atoms with Crippen LogP contribution in [0.25, 0.3) is 0 Å². The second-order valence-corrected chi connectivity index (χ2v) is 9.17. The number of carbonyl (C=O) groups excluding carboxylic acids is 2. The van der Waals surface area contributed by atoms with Gasteiger partial charge in [0.15, 0.2) is 0 Å². The summed E-state index contributed by atoms with van der Waals surface area (Å²) in [7, 11) is 0. The molecule has 2 amide bonds. The molecule has 0 N–H and O–H groups in total. The second-order valence-electron chi connectivity index (χ2n) is 9.17. The number of nitrogens with zero attached hydrogens (tertiary/aromatic N) is 4. The first-order valence-electron chi connectivity index (χ1n) is 11.0. The summed E-state index contributed by atoms with van der Waals surface area (Å²) in [6.45, 7) is 2.92. The summed E-state index contributed by atoms with van der Waals surface area (Å²) in [6, 6.07) is 10.5. The molecule has 2 atom stereocenters. The molecular formula is C24H28N4O2. The van der Waals surface area contributed by atoms with E-state index in [-0.39, 0.29) is 17.2 Å². The summed E-state index contributed by atoms with van der Waals surface area (Å²) in [5.41, 5.74) is 1.68. The summed E-state index contributed by atoms with van der Waals surface area (Å²) in [5.74, 6) is 0.841. The molecule has 0 spiro atoms. The molecule has 0 bridgehead atoms. The Kier molecular flexibility index (Phi) is 5.01. The fourth-order valence-electron chi connectivity index (χ4n) is 5.38. The van der Waals surface area contributed by atoms with E-state index in [1.807, 2.05) is 11.0 Å². The SMILES string of the molecule is O=C(c1cnccn1)N1C[C@H]2CN(C(=O)C3CCC3)C[C@@]2(CCc2ccccc2)C1. The van der Waals surface area contributed by atoms with Gasteiger partial charge in [-0.25, -0.2) is 4.98 Å². The number of aryl methyl sites for hydroxylation is 1. The molecule has 2 aromatic rings. The van der Waals surface area contributed by atoms with Crippen molar-refractivity contribution in [1.82, 2.24) is 19.8 Å². The molecule has 3 aliphatic rings. The van der Waals surface area contributed by atoms with E-state index in [0.717, 1.165) is 38.8 Å². The van der Waals surface area contributed by atoms with Crippen molar-refractivity contribution < 1.29 is 9.59 Å². The molecule has 0 radical (unpaired) electrons. The first-order valence-corrected chi connectivity index (χ1v) is 11.0. The van der Waals surface area contributed by atoms with Gasteiger partial charge < -0.3 is 9.80 Å². The Morgan fingerprint density at radius 2 is 1.80 bits per heavy atom. The largest absolute Gasteiger partial charge is 0.341 e. The Balaban J connectivity index is 1.35. The molecule has 2 aliphatic heterocycles. The Morgan fingerprint density at radius 1 is 1.03 bits per heavy atom. The lowest BCUT2D eigenvalue weighted by atomic mass is 9.76. The smallest absolute Gasteiger partial charge is 0.274 e. The molecule has 2 saturated heterocycles. The van der Waals surface area contributed by atoms with Crippen LogP contribution in [0.2, 0.25) is 0 Å². The highest BCUT2D eigenvalue weighted by Crippen LogP contribution is 2.47. The van der Waals surface area contributed by atoms with Crippen molar-refractivity contribution in [3.63, 3.8) is 0 Å². The second kappa shape index (κ2) is 7.82. The van der Waals surface area contributed by atoms with Crippen molar-refractivity contribution in [2.24, 2.45) is 17.3 Å². The zero-order valence-corrected chi connectivity index (χ0v) is 17.2. The molecule has 1 aromatic heterocycles. The Hall–Kier alpha value is -2.76. The van der Waals surface area contributed by atoms with Gasteiger partial charge in [-0.05, 0) is 31.2 Å². The number of amides is 2. The van der Waals surface area contributed by atoms with Crippen molar-refractivity contribution >= 4 is 11.8 Å². The van der Waals surface area contributed by atoms with Crippen LogP contribution in [0, 0.1) is 17.3 Å². The van der Waals surface area contributed by atoms with Crippen LogP contribution in [0.1, 0.15) is 41.7 Å². The fraction of sp³-hybridized carbons (Fsp3) is 0.500. The Bertz CT molecular complexity index is 915. The number of carbonyl (C=O) groups is 2. The van der Waals surface area contributed by atoms with E-state index >= 15 is 0 Å². The molecule has 156 valence electrons. The van der Waals surface area contributed by atoms with Gasteiger partial charge in [-0.1, -0.05) is 36.8 Å². The van der Waals surface area contributed by atoms with Crippen molar-refractivity contribution in [2.45, 2.75) is 32.1 Å². The molecule has 1 saturated carbocycles. The molecule has 3 fully saturated rings. The molecule has 6 nitrogen and oxygen atoms in total. The average Bonchev–Trinajstić information content (AvgIpc) is 3.26. The first-order chi connectivity index (χ1) is 14.6. The molecule has 0 unspecified atom stereocenters. The van der Waals surface area contributed by atoms with Gasteiger partial charge >= 0.3 is 0 Å². The van der Waals surface area contributed by atoms with E-state index < -0.39 is 0 Å². The normalized spacial score (nSPS) is 25.8.